The summed E-state index contributed by atoms with van der Waals surface area (Å²) >= 11 is 0. The maximum atomic E-state index is 9.12. The molecular formula is C21H23N5O2. The van der Waals surface area contributed by atoms with Crippen LogP contribution in [0.4, 0.5) is 0 Å². The first-order chi connectivity index (χ1) is 13.7. The summed E-state index contributed by atoms with van der Waals surface area (Å²) in [4.78, 5) is 2.14. The van der Waals surface area contributed by atoms with Crippen molar-refractivity contribution < 1.29 is 9.47 Å². The molecule has 0 fully saturated rings. The quantitative estimate of drug-likeness (QED) is 0.576. The molecule has 0 saturated carbocycles. The highest BCUT2D eigenvalue weighted by atomic mass is 16.5. The Morgan fingerprint density at radius 3 is 2.75 bits per heavy atom. The molecule has 3 aromatic rings. The Bertz CT molecular complexity index is 946. The number of nitrogens with one attached hydrogen (secondary N) is 1. The third-order valence-corrected chi connectivity index (χ3v) is 4.14. The number of rotatable bonds is 9. The minimum Gasteiger partial charge on any atom is -0.493 e. The van der Waals surface area contributed by atoms with Crippen molar-refractivity contribution in [2.75, 3.05) is 27.2 Å². The molecule has 0 saturated heterocycles. The van der Waals surface area contributed by atoms with Crippen LogP contribution < -0.4 is 9.47 Å². The smallest absolute Gasteiger partial charge is 0.190 e. The highest BCUT2D eigenvalue weighted by molar-refractivity contribution is 5.65. The largest absolute Gasteiger partial charge is 0.493 e. The summed E-state index contributed by atoms with van der Waals surface area (Å²) < 4.78 is 11.9. The number of nitrogens with zero attached hydrogens (tertiary/aromatic N) is 4. The number of hydrogen-bond donors (Lipinski definition) is 1. The zero-order chi connectivity index (χ0) is 19.8. The lowest BCUT2D eigenvalue weighted by Crippen LogP contribution is -2.15. The van der Waals surface area contributed by atoms with Gasteiger partial charge in [-0.3, -0.25) is 0 Å². The molecule has 0 unspecified atom stereocenters. The fourth-order valence-electron chi connectivity index (χ4n) is 2.73. The number of ether oxygens (including phenoxy) is 2. The fourth-order valence-corrected chi connectivity index (χ4v) is 2.73. The van der Waals surface area contributed by atoms with Crippen molar-refractivity contribution in [3.8, 4) is 28.8 Å². The van der Waals surface area contributed by atoms with E-state index in [1.54, 1.807) is 0 Å². The first kappa shape index (κ1) is 19.4. The van der Waals surface area contributed by atoms with Crippen LogP contribution in [-0.4, -0.2) is 47.6 Å². The van der Waals surface area contributed by atoms with Gasteiger partial charge < -0.3 is 14.4 Å². The van der Waals surface area contributed by atoms with Gasteiger partial charge in [-0.1, -0.05) is 30.3 Å². The number of benzene rings is 2. The molecule has 1 N–H and O–H groups in total. The molecule has 1 heterocycles. The molecule has 7 heteroatoms. The number of H-pyrrole nitrogens is 1. The summed E-state index contributed by atoms with van der Waals surface area (Å²) in [6.45, 7) is 2.03. The standard InChI is InChI=1S/C21H23N5O2/c1-26(2)11-6-12-27-20-10-4-3-7-17(20)15-28-18-9-5-8-16(13-18)21-19(14-22)23-25-24-21/h3-5,7-10,13H,6,11-12,15H2,1-2H3,(H,23,24,25). The Hall–Kier alpha value is -3.37. The van der Waals surface area contributed by atoms with Gasteiger partial charge in [0.1, 0.15) is 29.9 Å². The Balaban J connectivity index is 1.65. The topological polar surface area (TPSA) is 87.1 Å². The summed E-state index contributed by atoms with van der Waals surface area (Å²) in [6.07, 6.45) is 0.961. The van der Waals surface area contributed by atoms with Crippen LogP contribution >= 0.6 is 0 Å². The van der Waals surface area contributed by atoms with Crippen LogP contribution in [0.15, 0.2) is 48.5 Å². The molecule has 0 radical (unpaired) electrons. The van der Waals surface area contributed by atoms with Crippen molar-refractivity contribution in [2.45, 2.75) is 13.0 Å². The number of aromatic amines is 1. The predicted octanol–water partition coefficient (Wildman–Crippen LogP) is 3.25. The second-order valence-electron chi connectivity index (χ2n) is 6.56. The highest BCUT2D eigenvalue weighted by Gasteiger charge is 2.11. The van der Waals surface area contributed by atoms with Crippen molar-refractivity contribution in [3.63, 3.8) is 0 Å². The van der Waals surface area contributed by atoms with Gasteiger partial charge in [-0.05, 0) is 38.7 Å². The Kier molecular flexibility index (Phi) is 6.60. The molecule has 0 aliphatic rings. The molecule has 0 spiro atoms. The maximum absolute atomic E-state index is 9.12. The van der Waals surface area contributed by atoms with Crippen LogP contribution in [0.2, 0.25) is 0 Å². The van der Waals surface area contributed by atoms with Crippen LogP contribution in [0.3, 0.4) is 0 Å². The second kappa shape index (κ2) is 9.53. The molecule has 0 amide bonds. The van der Waals surface area contributed by atoms with E-state index in [2.05, 4.69) is 34.4 Å². The minimum absolute atomic E-state index is 0.258. The average Bonchev–Trinajstić information content (AvgIpc) is 3.19. The monoisotopic (exact) mass is 377 g/mol. The SMILES string of the molecule is CN(C)CCCOc1ccccc1COc1cccc(-c2n[nH]nc2C#N)c1. The van der Waals surface area contributed by atoms with Crippen molar-refractivity contribution in [3.05, 3.63) is 59.8 Å². The third-order valence-electron chi connectivity index (χ3n) is 4.14. The molecule has 144 valence electrons. The van der Waals surface area contributed by atoms with E-state index in [0.29, 0.717) is 24.7 Å². The molecule has 3 rings (SSSR count). The average molecular weight is 377 g/mol. The molecule has 0 atom stereocenters. The Morgan fingerprint density at radius 2 is 1.93 bits per heavy atom. The van der Waals surface area contributed by atoms with E-state index in [1.807, 2.05) is 54.6 Å². The highest BCUT2D eigenvalue weighted by Crippen LogP contribution is 2.25. The Labute approximate surface area is 164 Å². The van der Waals surface area contributed by atoms with E-state index in [9.17, 15) is 0 Å². The van der Waals surface area contributed by atoms with Gasteiger partial charge in [0.05, 0.1) is 6.61 Å². The lowest BCUT2D eigenvalue weighted by molar-refractivity contribution is 0.263. The number of nitriles is 1. The van der Waals surface area contributed by atoms with Gasteiger partial charge in [-0.15, -0.1) is 5.10 Å². The summed E-state index contributed by atoms with van der Waals surface area (Å²) in [6, 6.07) is 17.4. The van der Waals surface area contributed by atoms with Gasteiger partial charge in [0.2, 0.25) is 0 Å². The van der Waals surface area contributed by atoms with Crippen LogP contribution in [0.5, 0.6) is 11.5 Å². The van der Waals surface area contributed by atoms with E-state index in [1.165, 1.54) is 0 Å². The van der Waals surface area contributed by atoms with E-state index in [4.69, 9.17) is 14.7 Å². The van der Waals surface area contributed by atoms with Crippen LogP contribution in [0.1, 0.15) is 17.7 Å². The summed E-state index contributed by atoms with van der Waals surface area (Å²) in [5.41, 5.74) is 2.53. The maximum Gasteiger partial charge on any atom is 0.190 e. The van der Waals surface area contributed by atoms with Gasteiger partial charge in [-0.2, -0.15) is 15.6 Å². The second-order valence-corrected chi connectivity index (χ2v) is 6.56. The van der Waals surface area contributed by atoms with Gasteiger partial charge in [-0.25, -0.2) is 0 Å². The molecular weight excluding hydrogens is 354 g/mol. The van der Waals surface area contributed by atoms with Gasteiger partial charge >= 0.3 is 0 Å². The van der Waals surface area contributed by atoms with Crippen molar-refractivity contribution in [2.24, 2.45) is 0 Å². The van der Waals surface area contributed by atoms with Crippen LogP contribution in [-0.2, 0) is 6.61 Å². The zero-order valence-corrected chi connectivity index (χ0v) is 16.1. The fraction of sp³-hybridized carbons (Fsp3) is 0.286. The summed E-state index contributed by atoms with van der Waals surface area (Å²) in [7, 11) is 4.10. The van der Waals surface area contributed by atoms with E-state index >= 15 is 0 Å². The molecule has 28 heavy (non-hydrogen) atoms. The van der Waals surface area contributed by atoms with Crippen LogP contribution in [0.25, 0.3) is 11.3 Å². The number of para-hydroxylation sites is 1. The van der Waals surface area contributed by atoms with Gasteiger partial charge in [0.25, 0.3) is 0 Å². The van der Waals surface area contributed by atoms with Gasteiger partial charge in [0, 0.05) is 17.7 Å². The van der Waals surface area contributed by atoms with Crippen molar-refractivity contribution in [1.29, 1.82) is 5.26 Å². The minimum atomic E-state index is 0.258. The first-order valence-electron chi connectivity index (χ1n) is 9.07. The number of hydrogen-bond acceptors (Lipinski definition) is 6. The summed E-state index contributed by atoms with van der Waals surface area (Å²) in [5.74, 6) is 1.52. The molecule has 0 bridgehead atoms. The normalized spacial score (nSPS) is 10.6. The molecule has 0 aliphatic heterocycles. The van der Waals surface area contributed by atoms with E-state index in [0.717, 1.165) is 29.8 Å². The third kappa shape index (κ3) is 5.09. The molecule has 1 aromatic heterocycles. The Morgan fingerprint density at radius 1 is 1.07 bits per heavy atom. The lowest BCUT2D eigenvalue weighted by atomic mass is 10.1. The van der Waals surface area contributed by atoms with E-state index in [-0.39, 0.29) is 5.69 Å². The zero-order valence-electron chi connectivity index (χ0n) is 16.1. The molecule has 0 aliphatic carbocycles. The molecule has 7 nitrogen and oxygen atoms in total. The van der Waals surface area contributed by atoms with Crippen molar-refractivity contribution in [1.82, 2.24) is 20.3 Å². The predicted molar refractivity (Wildman–Crippen MR) is 106 cm³/mol. The molecule has 2 aromatic carbocycles. The van der Waals surface area contributed by atoms with Crippen molar-refractivity contribution >= 4 is 0 Å². The first-order valence-corrected chi connectivity index (χ1v) is 9.07. The number of aromatic nitrogens is 3. The van der Waals surface area contributed by atoms with E-state index < -0.39 is 0 Å². The summed E-state index contributed by atoms with van der Waals surface area (Å²) in [5, 5.41) is 19.5. The lowest BCUT2D eigenvalue weighted by Gasteiger charge is -2.14. The van der Waals surface area contributed by atoms with Gasteiger partial charge in [0.15, 0.2) is 5.69 Å². The van der Waals surface area contributed by atoms with Crippen LogP contribution in [0, 0.1) is 11.3 Å².